The van der Waals surface area contributed by atoms with Crippen LogP contribution in [0, 0.1) is 0 Å². The van der Waals surface area contributed by atoms with E-state index in [0.29, 0.717) is 0 Å². The van der Waals surface area contributed by atoms with Crippen LogP contribution in [0.3, 0.4) is 0 Å². The topological polar surface area (TPSA) is 43.4 Å². The van der Waals surface area contributed by atoms with Crippen LogP contribution in [0.1, 0.15) is 26.0 Å². The van der Waals surface area contributed by atoms with Gasteiger partial charge in [-0.25, -0.2) is 0 Å². The van der Waals surface area contributed by atoms with E-state index in [0.717, 1.165) is 53.2 Å². The lowest BCUT2D eigenvalue weighted by Crippen LogP contribution is -2.03. The minimum absolute atomic E-state index is 0.761. The molecular formula is C16H22N2O2. The molecule has 0 saturated carbocycles. The zero-order valence-corrected chi connectivity index (χ0v) is 12.6. The highest BCUT2D eigenvalue weighted by Gasteiger charge is 2.12. The molecule has 1 heterocycles. The second kappa shape index (κ2) is 6.46. The molecule has 1 aromatic heterocycles. The van der Waals surface area contributed by atoms with E-state index >= 15 is 0 Å². The maximum Gasteiger partial charge on any atom is 0.134 e. The van der Waals surface area contributed by atoms with E-state index < -0.39 is 0 Å². The lowest BCUT2D eigenvalue weighted by Gasteiger charge is -2.15. The van der Waals surface area contributed by atoms with Crippen LogP contribution in [-0.4, -0.2) is 25.7 Å². The van der Waals surface area contributed by atoms with Gasteiger partial charge in [0.05, 0.1) is 25.1 Å². The summed E-state index contributed by atoms with van der Waals surface area (Å²) < 4.78 is 10.8. The standard InChI is InChI=1S/C16H22N2O2/c1-5-7-17-13-8-11(6-2)18-14-9-12(19-3)10-15(20-4)16(13)14/h8-10H,5-7H2,1-4H3,(H,17,18). The third kappa shape index (κ3) is 2.79. The van der Waals surface area contributed by atoms with E-state index in [9.17, 15) is 0 Å². The number of ether oxygens (including phenoxy) is 2. The summed E-state index contributed by atoms with van der Waals surface area (Å²) in [4.78, 5) is 4.68. The van der Waals surface area contributed by atoms with Crippen LogP contribution in [0.5, 0.6) is 11.5 Å². The molecule has 0 saturated heterocycles. The van der Waals surface area contributed by atoms with Crippen LogP contribution in [0.25, 0.3) is 10.9 Å². The van der Waals surface area contributed by atoms with Crippen molar-refractivity contribution in [3.8, 4) is 11.5 Å². The molecule has 0 amide bonds. The molecule has 1 aromatic carbocycles. The number of aryl methyl sites for hydroxylation is 1. The van der Waals surface area contributed by atoms with Gasteiger partial charge in [-0.1, -0.05) is 13.8 Å². The van der Waals surface area contributed by atoms with Crippen molar-refractivity contribution in [3.05, 3.63) is 23.9 Å². The van der Waals surface area contributed by atoms with E-state index in [4.69, 9.17) is 9.47 Å². The van der Waals surface area contributed by atoms with Crippen LogP contribution in [0.2, 0.25) is 0 Å². The lowest BCUT2D eigenvalue weighted by molar-refractivity contribution is 0.398. The predicted molar refractivity (Wildman–Crippen MR) is 83.0 cm³/mol. The van der Waals surface area contributed by atoms with Crippen molar-refractivity contribution in [1.82, 2.24) is 4.98 Å². The minimum atomic E-state index is 0.761. The Morgan fingerprint density at radius 2 is 1.90 bits per heavy atom. The monoisotopic (exact) mass is 274 g/mol. The summed E-state index contributed by atoms with van der Waals surface area (Å²) in [7, 11) is 3.33. The quantitative estimate of drug-likeness (QED) is 0.873. The van der Waals surface area contributed by atoms with Crippen molar-refractivity contribution in [2.45, 2.75) is 26.7 Å². The third-order valence-electron chi connectivity index (χ3n) is 3.28. The number of pyridine rings is 1. The van der Waals surface area contributed by atoms with Gasteiger partial charge in [-0.3, -0.25) is 4.98 Å². The van der Waals surface area contributed by atoms with Gasteiger partial charge in [-0.05, 0) is 18.9 Å². The van der Waals surface area contributed by atoms with Crippen molar-refractivity contribution < 1.29 is 9.47 Å². The molecule has 2 rings (SSSR count). The fourth-order valence-electron chi connectivity index (χ4n) is 2.22. The number of aromatic nitrogens is 1. The van der Waals surface area contributed by atoms with Gasteiger partial charge < -0.3 is 14.8 Å². The van der Waals surface area contributed by atoms with Crippen LogP contribution >= 0.6 is 0 Å². The number of hydrogen-bond acceptors (Lipinski definition) is 4. The molecule has 0 bridgehead atoms. The predicted octanol–water partition coefficient (Wildman–Crippen LogP) is 3.64. The Hall–Kier alpha value is -1.97. The molecule has 0 atom stereocenters. The second-order valence-corrected chi connectivity index (χ2v) is 4.67. The fraction of sp³-hybridized carbons (Fsp3) is 0.438. The molecule has 2 aromatic rings. The van der Waals surface area contributed by atoms with Gasteiger partial charge in [-0.15, -0.1) is 0 Å². The number of nitrogens with one attached hydrogen (secondary N) is 1. The smallest absolute Gasteiger partial charge is 0.134 e. The summed E-state index contributed by atoms with van der Waals surface area (Å²) in [6.07, 6.45) is 1.97. The number of nitrogens with zero attached hydrogens (tertiary/aromatic N) is 1. The molecule has 20 heavy (non-hydrogen) atoms. The number of benzene rings is 1. The average molecular weight is 274 g/mol. The molecule has 0 aliphatic carbocycles. The molecule has 1 N–H and O–H groups in total. The highest BCUT2D eigenvalue weighted by atomic mass is 16.5. The Labute approximate surface area is 120 Å². The van der Waals surface area contributed by atoms with E-state index in [2.05, 4.69) is 30.2 Å². The summed E-state index contributed by atoms with van der Waals surface area (Å²) in [5.74, 6) is 1.55. The second-order valence-electron chi connectivity index (χ2n) is 4.67. The number of rotatable bonds is 6. The van der Waals surface area contributed by atoms with Crippen LogP contribution < -0.4 is 14.8 Å². The first-order valence-corrected chi connectivity index (χ1v) is 7.03. The maximum absolute atomic E-state index is 5.50. The molecule has 0 radical (unpaired) electrons. The number of fused-ring (bicyclic) bond motifs is 1. The normalized spacial score (nSPS) is 10.6. The van der Waals surface area contributed by atoms with Gasteiger partial charge in [-0.2, -0.15) is 0 Å². The molecule has 4 nitrogen and oxygen atoms in total. The van der Waals surface area contributed by atoms with Gasteiger partial charge >= 0.3 is 0 Å². The van der Waals surface area contributed by atoms with Crippen molar-refractivity contribution in [1.29, 1.82) is 0 Å². The minimum Gasteiger partial charge on any atom is -0.497 e. The summed E-state index contributed by atoms with van der Waals surface area (Å²) in [5.41, 5.74) is 3.04. The average Bonchev–Trinajstić information content (AvgIpc) is 2.50. The van der Waals surface area contributed by atoms with E-state index in [1.165, 1.54) is 0 Å². The van der Waals surface area contributed by atoms with Crippen molar-refractivity contribution in [2.24, 2.45) is 0 Å². The molecule has 108 valence electrons. The van der Waals surface area contributed by atoms with Crippen molar-refractivity contribution in [2.75, 3.05) is 26.1 Å². The largest absolute Gasteiger partial charge is 0.497 e. The number of hydrogen-bond donors (Lipinski definition) is 1. The maximum atomic E-state index is 5.50. The summed E-state index contributed by atoms with van der Waals surface area (Å²) in [5, 5.41) is 4.48. The number of anilines is 1. The summed E-state index contributed by atoms with van der Waals surface area (Å²) >= 11 is 0. The Morgan fingerprint density at radius 3 is 2.50 bits per heavy atom. The van der Waals surface area contributed by atoms with Crippen LogP contribution in [0.15, 0.2) is 18.2 Å². The molecule has 4 heteroatoms. The molecule has 0 fully saturated rings. The molecular weight excluding hydrogens is 252 g/mol. The zero-order chi connectivity index (χ0) is 14.5. The Kier molecular flexibility index (Phi) is 4.66. The Morgan fingerprint density at radius 1 is 1.10 bits per heavy atom. The lowest BCUT2D eigenvalue weighted by atomic mass is 10.1. The first-order chi connectivity index (χ1) is 9.73. The van der Waals surface area contributed by atoms with E-state index in [1.807, 2.05) is 12.1 Å². The summed E-state index contributed by atoms with van der Waals surface area (Å²) in [6.45, 7) is 5.18. The highest BCUT2D eigenvalue weighted by Crippen LogP contribution is 2.35. The van der Waals surface area contributed by atoms with Gasteiger partial charge in [0, 0.05) is 30.1 Å². The molecule has 0 aliphatic heterocycles. The first-order valence-electron chi connectivity index (χ1n) is 7.03. The van der Waals surface area contributed by atoms with Gasteiger partial charge in [0.15, 0.2) is 0 Å². The van der Waals surface area contributed by atoms with Gasteiger partial charge in [0.1, 0.15) is 11.5 Å². The Balaban J connectivity index is 2.67. The number of methoxy groups -OCH3 is 2. The third-order valence-corrected chi connectivity index (χ3v) is 3.28. The van der Waals surface area contributed by atoms with E-state index in [-0.39, 0.29) is 0 Å². The summed E-state index contributed by atoms with van der Waals surface area (Å²) in [6, 6.07) is 5.95. The first kappa shape index (κ1) is 14.4. The van der Waals surface area contributed by atoms with Crippen molar-refractivity contribution >= 4 is 16.6 Å². The highest BCUT2D eigenvalue weighted by molar-refractivity contribution is 5.97. The molecule has 0 unspecified atom stereocenters. The SMILES string of the molecule is CCCNc1cc(CC)nc2cc(OC)cc(OC)c12. The van der Waals surface area contributed by atoms with Crippen LogP contribution in [0.4, 0.5) is 5.69 Å². The Bertz CT molecular complexity index is 591. The van der Waals surface area contributed by atoms with Gasteiger partial charge in [0.25, 0.3) is 0 Å². The zero-order valence-electron chi connectivity index (χ0n) is 12.6. The van der Waals surface area contributed by atoms with E-state index in [1.54, 1.807) is 14.2 Å². The van der Waals surface area contributed by atoms with Crippen molar-refractivity contribution in [3.63, 3.8) is 0 Å². The molecule has 0 aliphatic rings. The fourth-order valence-corrected chi connectivity index (χ4v) is 2.22. The molecule has 0 spiro atoms. The van der Waals surface area contributed by atoms with Crippen LogP contribution in [-0.2, 0) is 6.42 Å². The van der Waals surface area contributed by atoms with Gasteiger partial charge in [0.2, 0.25) is 0 Å².